The number of aliphatic imine (C=N–C) groups is 1. The molecule has 184 valence electrons. The van der Waals surface area contributed by atoms with Crippen LogP contribution in [-0.4, -0.2) is 28.3 Å². The molecule has 2 unspecified atom stereocenters. The topological polar surface area (TPSA) is 62.7 Å². The summed E-state index contributed by atoms with van der Waals surface area (Å²) in [6.07, 6.45) is 7.05. The Balaban J connectivity index is 2.08. The van der Waals surface area contributed by atoms with Gasteiger partial charge in [-0.2, -0.15) is 5.26 Å². The molecule has 0 saturated heterocycles. The summed E-state index contributed by atoms with van der Waals surface area (Å²) in [7, 11) is 0. The number of benzene rings is 1. The Kier molecular flexibility index (Phi) is 8.89. The SMILES string of the molecule is C/C=C(/C#N)N=CC(C)c1cc(F)c(-c2nc3cc(C)ccn3c2CC(CC)OCCC)c(F)c1. The lowest BCUT2D eigenvalue weighted by atomic mass is 9.97. The molecule has 2 aromatic heterocycles. The normalized spacial score (nSPS) is 13.9. The van der Waals surface area contributed by atoms with E-state index in [1.54, 1.807) is 19.9 Å². The van der Waals surface area contributed by atoms with Crippen LogP contribution < -0.4 is 0 Å². The summed E-state index contributed by atoms with van der Waals surface area (Å²) in [5, 5.41) is 9.02. The molecule has 0 saturated carbocycles. The van der Waals surface area contributed by atoms with Gasteiger partial charge in [0.1, 0.15) is 29.0 Å². The molecule has 7 heteroatoms. The first kappa shape index (κ1) is 26.2. The third-order valence-corrected chi connectivity index (χ3v) is 5.97. The lowest BCUT2D eigenvalue weighted by Crippen LogP contribution is -2.17. The highest BCUT2D eigenvalue weighted by Gasteiger charge is 2.24. The van der Waals surface area contributed by atoms with Crippen molar-refractivity contribution in [2.45, 2.75) is 65.9 Å². The van der Waals surface area contributed by atoms with Crippen LogP contribution in [0.5, 0.6) is 0 Å². The van der Waals surface area contributed by atoms with Gasteiger partial charge in [0.2, 0.25) is 0 Å². The minimum atomic E-state index is -0.685. The Bertz CT molecular complexity index is 1260. The van der Waals surface area contributed by atoms with Gasteiger partial charge in [-0.3, -0.25) is 0 Å². The fourth-order valence-corrected chi connectivity index (χ4v) is 3.94. The number of ether oxygens (including phenoxy) is 1. The van der Waals surface area contributed by atoms with Gasteiger partial charge in [0.05, 0.1) is 23.1 Å². The number of aryl methyl sites for hydroxylation is 1. The number of nitrogens with zero attached hydrogens (tertiary/aromatic N) is 4. The minimum Gasteiger partial charge on any atom is -0.378 e. The molecule has 0 fully saturated rings. The Morgan fingerprint density at radius 3 is 2.57 bits per heavy atom. The minimum absolute atomic E-state index is 0.0857. The van der Waals surface area contributed by atoms with Crippen molar-refractivity contribution in [2.75, 3.05) is 6.61 Å². The van der Waals surface area contributed by atoms with Gasteiger partial charge in [-0.25, -0.2) is 18.8 Å². The van der Waals surface area contributed by atoms with Crippen LogP contribution in [0.15, 0.2) is 47.2 Å². The molecule has 2 heterocycles. The van der Waals surface area contributed by atoms with E-state index in [1.807, 2.05) is 49.6 Å². The summed E-state index contributed by atoms with van der Waals surface area (Å²) in [5.41, 5.74) is 3.18. The van der Waals surface area contributed by atoms with Crippen LogP contribution >= 0.6 is 0 Å². The fraction of sp³-hybridized carbons (Fsp3) is 0.393. The first-order valence-corrected chi connectivity index (χ1v) is 12.0. The van der Waals surface area contributed by atoms with Gasteiger partial charge in [-0.15, -0.1) is 0 Å². The van der Waals surface area contributed by atoms with Crippen molar-refractivity contribution in [1.82, 2.24) is 9.38 Å². The highest BCUT2D eigenvalue weighted by molar-refractivity contribution is 5.72. The number of hydrogen-bond donors (Lipinski definition) is 0. The van der Waals surface area contributed by atoms with Gasteiger partial charge in [-0.1, -0.05) is 26.8 Å². The second kappa shape index (κ2) is 11.9. The van der Waals surface area contributed by atoms with Crippen LogP contribution in [0.1, 0.15) is 63.3 Å². The Hall–Kier alpha value is -3.37. The van der Waals surface area contributed by atoms with E-state index in [4.69, 9.17) is 10.00 Å². The molecule has 3 aromatic rings. The van der Waals surface area contributed by atoms with Gasteiger partial charge in [0, 0.05) is 31.4 Å². The van der Waals surface area contributed by atoms with Gasteiger partial charge in [0.15, 0.2) is 0 Å². The molecule has 0 radical (unpaired) electrons. The van der Waals surface area contributed by atoms with Crippen LogP contribution in [0.4, 0.5) is 8.78 Å². The Labute approximate surface area is 205 Å². The first-order valence-electron chi connectivity index (χ1n) is 12.0. The highest BCUT2D eigenvalue weighted by Crippen LogP contribution is 2.33. The van der Waals surface area contributed by atoms with E-state index < -0.39 is 11.6 Å². The number of imidazole rings is 1. The predicted octanol–water partition coefficient (Wildman–Crippen LogP) is 6.94. The summed E-state index contributed by atoms with van der Waals surface area (Å²) in [6.45, 7) is 10.2. The van der Waals surface area contributed by atoms with Crippen molar-refractivity contribution >= 4 is 11.9 Å². The molecule has 0 aliphatic heterocycles. The maximum absolute atomic E-state index is 15.5. The van der Waals surface area contributed by atoms with E-state index in [2.05, 4.69) is 9.98 Å². The number of nitriles is 1. The van der Waals surface area contributed by atoms with Crippen LogP contribution in [0, 0.1) is 29.9 Å². The third kappa shape index (κ3) is 6.01. The molecule has 0 aliphatic rings. The van der Waals surface area contributed by atoms with Crippen LogP contribution in [0.2, 0.25) is 0 Å². The summed E-state index contributed by atoms with van der Waals surface area (Å²) in [4.78, 5) is 8.74. The highest BCUT2D eigenvalue weighted by atomic mass is 19.1. The van der Waals surface area contributed by atoms with Crippen molar-refractivity contribution in [1.29, 1.82) is 5.26 Å². The van der Waals surface area contributed by atoms with Crippen molar-refractivity contribution in [3.63, 3.8) is 0 Å². The molecule has 0 N–H and O–H groups in total. The van der Waals surface area contributed by atoms with Gasteiger partial charge in [-0.05, 0) is 62.1 Å². The number of fused-ring (bicyclic) bond motifs is 1. The van der Waals surface area contributed by atoms with E-state index in [0.717, 1.165) is 24.1 Å². The van der Waals surface area contributed by atoms with Crippen molar-refractivity contribution in [3.05, 3.63) is 70.7 Å². The zero-order chi connectivity index (χ0) is 25.5. The molecule has 0 bridgehead atoms. The van der Waals surface area contributed by atoms with Crippen molar-refractivity contribution in [2.24, 2.45) is 4.99 Å². The number of allylic oxidation sites excluding steroid dienone is 2. The molecule has 0 aliphatic carbocycles. The zero-order valence-electron chi connectivity index (χ0n) is 21.0. The van der Waals surface area contributed by atoms with E-state index in [-0.39, 0.29) is 29.0 Å². The molecular weight excluding hydrogens is 446 g/mol. The fourth-order valence-electron chi connectivity index (χ4n) is 3.94. The molecule has 3 rings (SSSR count). The molecule has 0 spiro atoms. The first-order chi connectivity index (χ1) is 16.8. The van der Waals surface area contributed by atoms with Gasteiger partial charge >= 0.3 is 0 Å². The van der Waals surface area contributed by atoms with E-state index in [0.29, 0.717) is 24.2 Å². The maximum atomic E-state index is 15.5. The number of pyridine rings is 1. The third-order valence-electron chi connectivity index (χ3n) is 5.97. The van der Waals surface area contributed by atoms with E-state index in [9.17, 15) is 0 Å². The standard InChI is InChI=1S/C28H32F2N4O/c1-6-11-35-22(8-3)15-25-28(33-26-12-18(4)9-10-34(25)26)27-23(29)13-20(14-24(27)30)19(5)17-32-21(7-2)16-31/h7,9-10,12-14,17,19,22H,6,8,11,15H2,1-5H3/b21-7-,32-17?. The average molecular weight is 479 g/mol. The molecule has 0 amide bonds. The Morgan fingerprint density at radius 1 is 1.26 bits per heavy atom. The molecule has 1 aromatic carbocycles. The monoisotopic (exact) mass is 478 g/mol. The summed E-state index contributed by atoms with van der Waals surface area (Å²) in [5.74, 6) is -1.75. The smallest absolute Gasteiger partial charge is 0.137 e. The summed E-state index contributed by atoms with van der Waals surface area (Å²) >= 11 is 0. The summed E-state index contributed by atoms with van der Waals surface area (Å²) in [6, 6.07) is 8.45. The lowest BCUT2D eigenvalue weighted by Gasteiger charge is -2.17. The molecular formula is C28H32F2N4O. The average Bonchev–Trinajstić information content (AvgIpc) is 3.18. The Morgan fingerprint density at radius 2 is 1.97 bits per heavy atom. The van der Waals surface area contributed by atoms with Crippen LogP contribution in [-0.2, 0) is 11.2 Å². The van der Waals surface area contributed by atoms with Gasteiger partial charge < -0.3 is 9.14 Å². The quantitative estimate of drug-likeness (QED) is 0.234. The number of rotatable bonds is 10. The molecule has 35 heavy (non-hydrogen) atoms. The van der Waals surface area contributed by atoms with Crippen LogP contribution in [0.25, 0.3) is 16.9 Å². The predicted molar refractivity (Wildman–Crippen MR) is 136 cm³/mol. The largest absolute Gasteiger partial charge is 0.378 e. The number of aromatic nitrogens is 2. The van der Waals surface area contributed by atoms with E-state index >= 15 is 8.78 Å². The van der Waals surface area contributed by atoms with Crippen molar-refractivity contribution in [3.8, 4) is 17.3 Å². The maximum Gasteiger partial charge on any atom is 0.137 e. The van der Waals surface area contributed by atoms with E-state index in [1.165, 1.54) is 18.3 Å². The van der Waals surface area contributed by atoms with Gasteiger partial charge in [0.25, 0.3) is 0 Å². The lowest BCUT2D eigenvalue weighted by molar-refractivity contribution is 0.0508. The molecule has 5 nitrogen and oxygen atoms in total. The zero-order valence-corrected chi connectivity index (χ0v) is 21.0. The van der Waals surface area contributed by atoms with Crippen molar-refractivity contribution < 1.29 is 13.5 Å². The number of halogens is 2. The van der Waals surface area contributed by atoms with Crippen LogP contribution in [0.3, 0.4) is 0 Å². The second-order valence-corrected chi connectivity index (χ2v) is 8.66. The second-order valence-electron chi connectivity index (χ2n) is 8.66. The molecule has 2 atom stereocenters. The number of hydrogen-bond acceptors (Lipinski definition) is 4. The summed E-state index contributed by atoms with van der Waals surface area (Å²) < 4.78 is 38.8.